The molecule has 3 rings (SSSR count). The van der Waals surface area contributed by atoms with E-state index in [2.05, 4.69) is 0 Å². The van der Waals surface area contributed by atoms with Gasteiger partial charge in [0.15, 0.2) is 0 Å². The van der Waals surface area contributed by atoms with Gasteiger partial charge in [0.05, 0.1) is 19.3 Å². The van der Waals surface area contributed by atoms with Gasteiger partial charge in [-0.1, -0.05) is 18.2 Å². The van der Waals surface area contributed by atoms with Crippen LogP contribution in [0.1, 0.15) is 22.8 Å². The number of methoxy groups -OCH3 is 1. The number of fused-ring (bicyclic) bond motifs is 1. The Bertz CT molecular complexity index is 826. The first kappa shape index (κ1) is 16.3. The lowest BCUT2D eigenvalue weighted by molar-refractivity contribution is -0.129. The Morgan fingerprint density at radius 1 is 1.29 bits per heavy atom. The van der Waals surface area contributed by atoms with Crippen molar-refractivity contribution in [2.24, 2.45) is 5.73 Å². The average molecular weight is 329 g/mol. The van der Waals surface area contributed by atoms with Crippen LogP contribution in [0.5, 0.6) is 5.75 Å². The van der Waals surface area contributed by atoms with Gasteiger partial charge in [-0.3, -0.25) is 4.79 Å². The van der Waals surface area contributed by atoms with Crippen LogP contribution in [-0.2, 0) is 14.3 Å². The SMILES string of the molecule is COc1cc(C(=O)O[C@H](C(N)=O)[C@@]2(C)CO2)c2cccc(C)c2c1. The van der Waals surface area contributed by atoms with E-state index in [1.165, 1.54) is 7.11 Å². The number of hydrogen-bond acceptors (Lipinski definition) is 5. The minimum atomic E-state index is -1.13. The minimum absolute atomic E-state index is 0.323. The zero-order valence-corrected chi connectivity index (χ0v) is 13.8. The Labute approximate surface area is 139 Å². The number of esters is 1. The average Bonchev–Trinajstić information content (AvgIpc) is 3.30. The molecule has 0 aliphatic carbocycles. The van der Waals surface area contributed by atoms with Gasteiger partial charge in [0.1, 0.15) is 11.4 Å². The molecular formula is C18H19NO5. The molecule has 2 aromatic rings. The number of primary amides is 1. The molecule has 126 valence electrons. The molecule has 6 nitrogen and oxygen atoms in total. The van der Waals surface area contributed by atoms with Crippen molar-refractivity contribution < 1.29 is 23.8 Å². The summed E-state index contributed by atoms with van der Waals surface area (Å²) in [4.78, 5) is 24.3. The zero-order valence-electron chi connectivity index (χ0n) is 13.8. The van der Waals surface area contributed by atoms with Crippen LogP contribution in [0.4, 0.5) is 0 Å². The number of carbonyl (C=O) groups excluding carboxylic acids is 2. The molecule has 6 heteroatoms. The third-order valence-corrected chi connectivity index (χ3v) is 4.28. The summed E-state index contributed by atoms with van der Waals surface area (Å²) in [6.45, 7) is 3.96. The molecule has 2 N–H and O–H groups in total. The number of carbonyl (C=O) groups is 2. The molecule has 1 saturated heterocycles. The van der Waals surface area contributed by atoms with Crippen molar-refractivity contribution in [3.63, 3.8) is 0 Å². The number of amides is 1. The normalized spacial score (nSPS) is 20.5. The van der Waals surface area contributed by atoms with Gasteiger partial charge in [-0.15, -0.1) is 0 Å². The molecule has 2 atom stereocenters. The Hall–Kier alpha value is -2.60. The summed E-state index contributed by atoms with van der Waals surface area (Å²) in [6.07, 6.45) is -1.13. The summed E-state index contributed by atoms with van der Waals surface area (Å²) in [7, 11) is 1.53. The Kier molecular flexibility index (Phi) is 3.93. The van der Waals surface area contributed by atoms with Crippen molar-refractivity contribution in [3.05, 3.63) is 41.5 Å². The highest BCUT2D eigenvalue weighted by Crippen LogP contribution is 2.34. The summed E-state index contributed by atoms with van der Waals surface area (Å²) in [6, 6.07) is 9.09. The lowest BCUT2D eigenvalue weighted by Crippen LogP contribution is -2.43. The monoisotopic (exact) mass is 329 g/mol. The molecule has 2 aromatic carbocycles. The first-order valence-corrected chi connectivity index (χ1v) is 7.57. The molecule has 0 bridgehead atoms. The number of ether oxygens (including phenoxy) is 3. The predicted octanol–water partition coefficient (Wildman–Crippen LogP) is 1.96. The highest BCUT2D eigenvalue weighted by molar-refractivity contribution is 6.06. The van der Waals surface area contributed by atoms with Crippen molar-refractivity contribution in [2.75, 3.05) is 13.7 Å². The Morgan fingerprint density at radius 2 is 2.00 bits per heavy atom. The zero-order chi connectivity index (χ0) is 17.5. The molecule has 0 unspecified atom stereocenters. The fourth-order valence-corrected chi connectivity index (χ4v) is 2.72. The van der Waals surface area contributed by atoms with Crippen LogP contribution >= 0.6 is 0 Å². The van der Waals surface area contributed by atoms with E-state index >= 15 is 0 Å². The quantitative estimate of drug-likeness (QED) is 0.669. The van der Waals surface area contributed by atoms with E-state index in [9.17, 15) is 9.59 Å². The molecule has 1 heterocycles. The van der Waals surface area contributed by atoms with Gasteiger partial charge in [0, 0.05) is 0 Å². The molecule has 0 radical (unpaired) electrons. The maximum absolute atomic E-state index is 12.7. The second kappa shape index (κ2) is 5.79. The fourth-order valence-electron chi connectivity index (χ4n) is 2.72. The number of nitrogens with two attached hydrogens (primary N) is 1. The van der Waals surface area contributed by atoms with Gasteiger partial charge in [0.25, 0.3) is 5.91 Å². The number of hydrogen-bond donors (Lipinski definition) is 1. The van der Waals surface area contributed by atoms with Gasteiger partial charge in [0.2, 0.25) is 6.10 Å². The minimum Gasteiger partial charge on any atom is -0.497 e. The molecule has 0 saturated carbocycles. The van der Waals surface area contributed by atoms with E-state index in [-0.39, 0.29) is 0 Å². The maximum atomic E-state index is 12.7. The molecule has 24 heavy (non-hydrogen) atoms. The number of aryl methyl sites for hydroxylation is 1. The Balaban J connectivity index is 2.03. The number of epoxide rings is 1. The summed E-state index contributed by atoms with van der Waals surface area (Å²) in [5, 5.41) is 1.61. The van der Waals surface area contributed by atoms with Gasteiger partial charge in [-0.2, -0.15) is 0 Å². The van der Waals surface area contributed by atoms with Crippen molar-refractivity contribution in [1.29, 1.82) is 0 Å². The molecule has 0 aromatic heterocycles. The van der Waals surface area contributed by atoms with Crippen molar-refractivity contribution in [3.8, 4) is 5.75 Å². The van der Waals surface area contributed by atoms with E-state index < -0.39 is 23.6 Å². The molecule has 1 amide bonds. The summed E-state index contributed by atoms with van der Waals surface area (Å²) in [5.74, 6) is -0.829. The second-order valence-electron chi connectivity index (χ2n) is 6.13. The highest BCUT2D eigenvalue weighted by Gasteiger charge is 2.52. The molecule has 0 spiro atoms. The van der Waals surface area contributed by atoms with Crippen LogP contribution < -0.4 is 10.5 Å². The van der Waals surface area contributed by atoms with Crippen molar-refractivity contribution >= 4 is 22.6 Å². The summed E-state index contributed by atoms with van der Waals surface area (Å²) >= 11 is 0. The topological polar surface area (TPSA) is 91.2 Å². The van der Waals surface area contributed by atoms with E-state index in [1.807, 2.05) is 31.2 Å². The Morgan fingerprint density at radius 3 is 2.58 bits per heavy atom. The van der Waals surface area contributed by atoms with Crippen LogP contribution in [0, 0.1) is 6.92 Å². The van der Waals surface area contributed by atoms with E-state index in [0.29, 0.717) is 17.9 Å². The number of rotatable bonds is 5. The van der Waals surface area contributed by atoms with Crippen LogP contribution in [0.15, 0.2) is 30.3 Å². The lowest BCUT2D eigenvalue weighted by atomic mass is 10.00. The van der Waals surface area contributed by atoms with Crippen molar-refractivity contribution in [1.82, 2.24) is 0 Å². The van der Waals surface area contributed by atoms with Gasteiger partial charge >= 0.3 is 5.97 Å². The standard InChI is InChI=1S/C18H19NO5/c1-10-5-4-6-12-13(10)7-11(22-3)8-14(12)17(21)24-15(16(19)20)18(2)9-23-18/h4-8,15H,9H2,1-3H3,(H2,19,20)/t15-,18-/m1/s1. The van der Waals surface area contributed by atoms with Crippen LogP contribution in [-0.4, -0.2) is 37.3 Å². The van der Waals surface area contributed by atoms with Crippen molar-refractivity contribution in [2.45, 2.75) is 25.6 Å². The van der Waals surface area contributed by atoms with E-state index in [1.54, 1.807) is 13.0 Å². The van der Waals surface area contributed by atoms with E-state index in [0.717, 1.165) is 16.3 Å². The summed E-state index contributed by atoms with van der Waals surface area (Å²) in [5.41, 5.74) is 5.85. The van der Waals surface area contributed by atoms with E-state index in [4.69, 9.17) is 19.9 Å². The third kappa shape index (κ3) is 2.80. The molecule has 1 aliphatic heterocycles. The number of benzene rings is 2. The maximum Gasteiger partial charge on any atom is 0.339 e. The lowest BCUT2D eigenvalue weighted by Gasteiger charge is -2.19. The fraction of sp³-hybridized carbons (Fsp3) is 0.333. The molecular weight excluding hydrogens is 310 g/mol. The largest absolute Gasteiger partial charge is 0.497 e. The first-order valence-electron chi connectivity index (χ1n) is 7.57. The van der Waals surface area contributed by atoms with Crippen LogP contribution in [0.2, 0.25) is 0 Å². The molecule has 1 fully saturated rings. The van der Waals surface area contributed by atoms with Gasteiger partial charge in [-0.05, 0) is 42.3 Å². The van der Waals surface area contributed by atoms with Crippen LogP contribution in [0.25, 0.3) is 10.8 Å². The first-order chi connectivity index (χ1) is 11.4. The summed E-state index contributed by atoms with van der Waals surface area (Å²) < 4.78 is 15.9. The highest BCUT2D eigenvalue weighted by atomic mass is 16.6. The molecule has 1 aliphatic rings. The van der Waals surface area contributed by atoms with Crippen LogP contribution in [0.3, 0.4) is 0 Å². The van der Waals surface area contributed by atoms with Gasteiger partial charge in [-0.25, -0.2) is 4.79 Å². The smallest absolute Gasteiger partial charge is 0.339 e. The second-order valence-corrected chi connectivity index (χ2v) is 6.13. The predicted molar refractivity (Wildman–Crippen MR) is 88.0 cm³/mol. The third-order valence-electron chi connectivity index (χ3n) is 4.28. The van der Waals surface area contributed by atoms with Gasteiger partial charge < -0.3 is 19.9 Å².